The molecule has 0 saturated heterocycles. The van der Waals surface area contributed by atoms with Crippen LogP contribution in [0.2, 0.25) is 0 Å². The molecule has 4 heteroatoms. The van der Waals surface area contributed by atoms with Crippen LogP contribution >= 0.6 is 0 Å². The Morgan fingerprint density at radius 3 is 2.47 bits per heavy atom. The molecule has 1 aromatic rings. The molecule has 0 aliphatic rings. The van der Waals surface area contributed by atoms with Crippen LogP contribution in [0.5, 0.6) is 0 Å². The first-order chi connectivity index (χ1) is 7.93. The van der Waals surface area contributed by atoms with Gasteiger partial charge in [-0.1, -0.05) is 12.1 Å². The smallest absolute Gasteiger partial charge is 0.305 e. The number of aliphatic carboxylic acids is 1. The van der Waals surface area contributed by atoms with Gasteiger partial charge >= 0.3 is 5.97 Å². The molecule has 0 bridgehead atoms. The van der Waals surface area contributed by atoms with Crippen molar-refractivity contribution in [1.29, 1.82) is 0 Å². The summed E-state index contributed by atoms with van der Waals surface area (Å²) in [7, 11) is 0. The first kappa shape index (κ1) is 13.2. The number of carboxylic acid groups (broad SMARTS) is 1. The fraction of sp³-hybridized carbons (Fsp3) is 0.385. The molecule has 17 heavy (non-hydrogen) atoms. The van der Waals surface area contributed by atoms with Gasteiger partial charge in [0.05, 0.1) is 6.42 Å². The van der Waals surface area contributed by atoms with Crippen molar-refractivity contribution >= 4 is 17.6 Å². The van der Waals surface area contributed by atoms with Gasteiger partial charge in [-0.3, -0.25) is 9.59 Å². The quantitative estimate of drug-likeness (QED) is 0.869. The van der Waals surface area contributed by atoms with Crippen molar-refractivity contribution in [3.8, 4) is 0 Å². The van der Waals surface area contributed by atoms with E-state index in [-0.39, 0.29) is 18.9 Å². The number of rotatable bonds is 4. The number of carboxylic acids is 1. The van der Waals surface area contributed by atoms with Gasteiger partial charge in [0.25, 0.3) is 0 Å². The van der Waals surface area contributed by atoms with Gasteiger partial charge in [0.2, 0.25) is 5.91 Å². The zero-order chi connectivity index (χ0) is 13.0. The maximum Gasteiger partial charge on any atom is 0.305 e. The largest absolute Gasteiger partial charge is 0.481 e. The maximum absolute atomic E-state index is 11.6. The highest BCUT2D eigenvalue weighted by atomic mass is 16.4. The lowest BCUT2D eigenvalue weighted by Gasteiger charge is -2.23. The normalized spacial score (nSPS) is 10.1. The Labute approximate surface area is 101 Å². The van der Waals surface area contributed by atoms with Crippen molar-refractivity contribution < 1.29 is 14.7 Å². The second-order valence-corrected chi connectivity index (χ2v) is 4.03. The number of aryl methyl sites for hydroxylation is 1. The summed E-state index contributed by atoms with van der Waals surface area (Å²) in [6.45, 7) is 5.55. The maximum atomic E-state index is 11.6. The van der Waals surface area contributed by atoms with E-state index in [1.165, 1.54) is 11.8 Å². The van der Waals surface area contributed by atoms with Crippen LogP contribution in [0.3, 0.4) is 0 Å². The minimum absolute atomic E-state index is 0.0486. The molecule has 0 radical (unpaired) electrons. The summed E-state index contributed by atoms with van der Waals surface area (Å²) in [6.07, 6.45) is -0.0486. The Morgan fingerprint density at radius 1 is 1.29 bits per heavy atom. The summed E-state index contributed by atoms with van der Waals surface area (Å²) in [5.74, 6) is -1.04. The van der Waals surface area contributed by atoms with E-state index in [9.17, 15) is 9.59 Å². The third-order valence-electron chi connectivity index (χ3n) is 2.80. The average Bonchev–Trinajstić information content (AvgIpc) is 2.23. The molecule has 1 N–H and O–H groups in total. The molecule has 4 nitrogen and oxygen atoms in total. The van der Waals surface area contributed by atoms with Crippen LogP contribution < -0.4 is 4.90 Å². The molecule has 1 rings (SSSR count). The van der Waals surface area contributed by atoms with Gasteiger partial charge in [0.1, 0.15) is 0 Å². The van der Waals surface area contributed by atoms with Gasteiger partial charge in [0.15, 0.2) is 0 Å². The lowest BCUT2D eigenvalue weighted by molar-refractivity contribution is -0.136. The predicted molar refractivity (Wildman–Crippen MR) is 66.2 cm³/mol. The molecule has 0 aromatic heterocycles. The van der Waals surface area contributed by atoms with Crippen LogP contribution in [0.4, 0.5) is 5.69 Å². The SMILES string of the molecule is CC(=O)N(CCC(=O)O)c1cccc(C)c1C. The average molecular weight is 235 g/mol. The molecular formula is C13H17NO3. The summed E-state index contributed by atoms with van der Waals surface area (Å²) < 4.78 is 0. The van der Waals surface area contributed by atoms with Crippen molar-refractivity contribution in [3.63, 3.8) is 0 Å². The van der Waals surface area contributed by atoms with E-state index in [0.29, 0.717) is 0 Å². The standard InChI is InChI=1S/C13H17NO3/c1-9-5-4-6-12(10(9)2)14(11(3)15)8-7-13(16)17/h4-6H,7-8H2,1-3H3,(H,16,17). The van der Waals surface area contributed by atoms with Crippen LogP contribution in [0.25, 0.3) is 0 Å². The summed E-state index contributed by atoms with van der Waals surface area (Å²) in [5, 5.41) is 8.68. The zero-order valence-corrected chi connectivity index (χ0v) is 10.4. The first-order valence-corrected chi connectivity index (χ1v) is 5.49. The van der Waals surface area contributed by atoms with Crippen molar-refractivity contribution in [2.45, 2.75) is 27.2 Å². The van der Waals surface area contributed by atoms with Crippen LogP contribution in [0.15, 0.2) is 18.2 Å². The highest BCUT2D eigenvalue weighted by molar-refractivity contribution is 5.93. The fourth-order valence-corrected chi connectivity index (χ4v) is 1.68. The van der Waals surface area contributed by atoms with Gasteiger partial charge in [-0.25, -0.2) is 0 Å². The highest BCUT2D eigenvalue weighted by Crippen LogP contribution is 2.23. The van der Waals surface area contributed by atoms with E-state index in [2.05, 4.69) is 0 Å². The molecule has 0 atom stereocenters. The Kier molecular flexibility index (Phi) is 4.26. The molecule has 0 unspecified atom stereocenters. The predicted octanol–water partition coefficient (Wildman–Crippen LogP) is 2.13. The monoisotopic (exact) mass is 235 g/mol. The molecule has 0 aliphatic carbocycles. The van der Waals surface area contributed by atoms with Gasteiger partial charge in [-0.2, -0.15) is 0 Å². The number of carbonyl (C=O) groups is 2. The molecule has 1 aromatic carbocycles. The molecular weight excluding hydrogens is 218 g/mol. The van der Waals surface area contributed by atoms with E-state index in [1.807, 2.05) is 32.0 Å². The number of benzene rings is 1. The minimum atomic E-state index is -0.901. The zero-order valence-electron chi connectivity index (χ0n) is 10.4. The van der Waals surface area contributed by atoms with Crippen LogP contribution in [0, 0.1) is 13.8 Å². The second kappa shape index (κ2) is 5.48. The number of nitrogens with zero attached hydrogens (tertiary/aromatic N) is 1. The Balaban J connectivity index is 3.01. The fourth-order valence-electron chi connectivity index (χ4n) is 1.68. The number of anilines is 1. The molecule has 1 amide bonds. The number of hydrogen-bond donors (Lipinski definition) is 1. The molecule has 0 aliphatic heterocycles. The van der Waals surface area contributed by atoms with Crippen LogP contribution in [-0.2, 0) is 9.59 Å². The molecule has 0 fully saturated rings. The lowest BCUT2D eigenvalue weighted by Crippen LogP contribution is -2.31. The van der Waals surface area contributed by atoms with Crippen molar-refractivity contribution in [1.82, 2.24) is 0 Å². The van der Waals surface area contributed by atoms with Crippen LogP contribution in [-0.4, -0.2) is 23.5 Å². The van der Waals surface area contributed by atoms with E-state index < -0.39 is 5.97 Å². The van der Waals surface area contributed by atoms with E-state index >= 15 is 0 Å². The number of carbonyl (C=O) groups excluding carboxylic acids is 1. The molecule has 0 saturated carbocycles. The molecule has 0 spiro atoms. The van der Waals surface area contributed by atoms with Gasteiger partial charge in [-0.05, 0) is 31.0 Å². The molecule has 0 heterocycles. The number of hydrogen-bond acceptors (Lipinski definition) is 2. The highest BCUT2D eigenvalue weighted by Gasteiger charge is 2.15. The van der Waals surface area contributed by atoms with E-state index in [0.717, 1.165) is 16.8 Å². The van der Waals surface area contributed by atoms with Gasteiger partial charge < -0.3 is 10.0 Å². The van der Waals surface area contributed by atoms with E-state index in [1.54, 1.807) is 0 Å². The number of amides is 1. The summed E-state index contributed by atoms with van der Waals surface area (Å²) >= 11 is 0. The third-order valence-corrected chi connectivity index (χ3v) is 2.80. The van der Waals surface area contributed by atoms with Gasteiger partial charge in [0, 0.05) is 19.2 Å². The Hall–Kier alpha value is -1.84. The van der Waals surface area contributed by atoms with Crippen molar-refractivity contribution in [2.75, 3.05) is 11.4 Å². The molecule has 92 valence electrons. The Bertz CT molecular complexity index is 440. The second-order valence-electron chi connectivity index (χ2n) is 4.03. The van der Waals surface area contributed by atoms with E-state index in [4.69, 9.17) is 5.11 Å². The third kappa shape index (κ3) is 3.31. The van der Waals surface area contributed by atoms with Crippen LogP contribution in [0.1, 0.15) is 24.5 Å². The summed E-state index contributed by atoms with van der Waals surface area (Å²) in [4.78, 5) is 23.6. The van der Waals surface area contributed by atoms with Crippen molar-refractivity contribution in [3.05, 3.63) is 29.3 Å². The summed E-state index contributed by atoms with van der Waals surface area (Å²) in [6, 6.07) is 5.67. The first-order valence-electron chi connectivity index (χ1n) is 5.49. The topological polar surface area (TPSA) is 57.6 Å². The minimum Gasteiger partial charge on any atom is -0.481 e. The van der Waals surface area contributed by atoms with Crippen molar-refractivity contribution in [2.24, 2.45) is 0 Å². The summed E-state index contributed by atoms with van der Waals surface area (Å²) in [5.41, 5.74) is 2.89. The Morgan fingerprint density at radius 2 is 1.94 bits per heavy atom. The lowest BCUT2D eigenvalue weighted by atomic mass is 10.1. The van der Waals surface area contributed by atoms with Gasteiger partial charge in [-0.15, -0.1) is 0 Å².